The fourth-order valence-electron chi connectivity index (χ4n) is 9.95. The number of carbonyl (C=O) groups is 3. The minimum Gasteiger partial charge on any atom is -0.468 e. The van der Waals surface area contributed by atoms with Crippen LogP contribution in [0.5, 0.6) is 0 Å². The van der Waals surface area contributed by atoms with Gasteiger partial charge in [-0.3, -0.25) is 14.4 Å². The van der Waals surface area contributed by atoms with Crippen LogP contribution in [0, 0.1) is 44.4 Å². The predicted octanol–water partition coefficient (Wildman–Crippen LogP) is 10.5. The van der Waals surface area contributed by atoms with Crippen molar-refractivity contribution in [2.75, 3.05) is 13.7 Å². The highest BCUT2D eigenvalue weighted by atomic mass is 16.5. The third kappa shape index (κ3) is 8.60. The molecule has 0 saturated carbocycles. The molecule has 5 heterocycles. The SMILES string of the molecule is CCCCC[C@@H](C)CCC/C(C)=C/COC(=O)CC[C@@H]1/C2=C3/c4[nH]c(c(C)c4C(=O)[C@@H]3C(=O)OC)Cc3[nH]c(c(C)c3CC)Cc3[nH]c(c(C)c3CC)/C=C(\N2)[C@H]1C. The molecule has 0 amide bonds. The second kappa shape index (κ2) is 18.6. The van der Waals surface area contributed by atoms with Crippen molar-refractivity contribution in [2.45, 2.75) is 146 Å². The van der Waals surface area contributed by atoms with Gasteiger partial charge in [0.2, 0.25) is 0 Å². The van der Waals surface area contributed by atoms with E-state index in [-0.39, 0.29) is 36.6 Å². The van der Waals surface area contributed by atoms with Crippen molar-refractivity contribution in [3.05, 3.63) is 90.6 Å². The molecule has 1 fully saturated rings. The van der Waals surface area contributed by atoms with E-state index in [4.69, 9.17) is 9.47 Å². The highest BCUT2D eigenvalue weighted by molar-refractivity contribution is 6.24. The highest BCUT2D eigenvalue weighted by Crippen LogP contribution is 2.48. The van der Waals surface area contributed by atoms with E-state index in [1.807, 2.05) is 13.0 Å². The van der Waals surface area contributed by atoms with Crippen LogP contribution in [0.15, 0.2) is 23.0 Å². The number of carbonyl (C=O) groups excluding carboxylic acids is 3. The zero-order chi connectivity index (χ0) is 41.8. The summed E-state index contributed by atoms with van der Waals surface area (Å²) in [4.78, 5) is 52.6. The summed E-state index contributed by atoms with van der Waals surface area (Å²) in [5.74, 6) is -1.67. The summed E-state index contributed by atoms with van der Waals surface area (Å²) in [5.41, 5.74) is 16.4. The molecule has 4 atom stereocenters. The molecule has 0 unspecified atom stereocenters. The van der Waals surface area contributed by atoms with Gasteiger partial charge in [0.05, 0.1) is 12.8 Å². The smallest absolute Gasteiger partial charge is 0.321 e. The van der Waals surface area contributed by atoms with Crippen molar-refractivity contribution in [2.24, 2.45) is 23.7 Å². The van der Waals surface area contributed by atoms with Gasteiger partial charge in [0.25, 0.3) is 0 Å². The third-order valence-electron chi connectivity index (χ3n) is 13.6. The van der Waals surface area contributed by atoms with Gasteiger partial charge in [0, 0.05) is 82.1 Å². The van der Waals surface area contributed by atoms with E-state index in [0.717, 1.165) is 72.1 Å². The molecule has 4 N–H and O–H groups in total. The van der Waals surface area contributed by atoms with Gasteiger partial charge in [-0.05, 0) is 106 Å². The Hall–Kier alpha value is -4.53. The summed E-state index contributed by atoms with van der Waals surface area (Å²) in [6.07, 6.45) is 16.7. The monoisotopic (exact) mass is 793 g/mol. The molecule has 2 aliphatic heterocycles. The Morgan fingerprint density at radius 2 is 1.55 bits per heavy atom. The molecule has 0 spiro atoms. The fraction of sp³-hybridized carbons (Fsp3) is 0.571. The average Bonchev–Trinajstić information content (AvgIpc) is 3.94. The molecule has 3 aliphatic rings. The number of hydrogen-bond acceptors (Lipinski definition) is 6. The summed E-state index contributed by atoms with van der Waals surface area (Å²) < 4.78 is 11.1. The first-order chi connectivity index (χ1) is 27.8. The summed E-state index contributed by atoms with van der Waals surface area (Å²) >= 11 is 0. The van der Waals surface area contributed by atoms with Gasteiger partial charge < -0.3 is 29.7 Å². The van der Waals surface area contributed by atoms with Crippen LogP contribution < -0.4 is 5.32 Å². The van der Waals surface area contributed by atoms with E-state index in [0.29, 0.717) is 29.7 Å². The van der Waals surface area contributed by atoms with Crippen LogP contribution in [0.3, 0.4) is 0 Å². The molecule has 1 aliphatic carbocycles. The number of hydrogen-bond donors (Lipinski definition) is 4. The molecule has 58 heavy (non-hydrogen) atoms. The normalized spacial score (nSPS) is 21.6. The van der Waals surface area contributed by atoms with Gasteiger partial charge in [-0.1, -0.05) is 72.3 Å². The number of nitrogens with one attached hydrogen (secondary N) is 4. The largest absolute Gasteiger partial charge is 0.468 e. The van der Waals surface area contributed by atoms with Crippen molar-refractivity contribution < 1.29 is 23.9 Å². The fourth-order valence-corrected chi connectivity index (χ4v) is 9.95. The van der Waals surface area contributed by atoms with Crippen molar-refractivity contribution in [1.82, 2.24) is 20.3 Å². The van der Waals surface area contributed by atoms with Crippen LogP contribution in [0.1, 0.15) is 172 Å². The molecule has 8 bridgehead atoms. The molecule has 0 radical (unpaired) electrons. The number of H-pyrrole nitrogens is 3. The zero-order valence-electron chi connectivity index (χ0n) is 36.9. The molecule has 0 aromatic carbocycles. The Labute approximate surface area is 346 Å². The first-order valence-electron chi connectivity index (χ1n) is 22.1. The zero-order valence-corrected chi connectivity index (χ0v) is 36.9. The number of unbranched alkanes of at least 4 members (excludes halogenated alkanes) is 2. The molecule has 1 saturated heterocycles. The minimum absolute atomic E-state index is 0.0402. The highest BCUT2D eigenvalue weighted by Gasteiger charge is 2.48. The van der Waals surface area contributed by atoms with E-state index in [1.165, 1.54) is 78.4 Å². The quantitative estimate of drug-likeness (QED) is 0.0495. The molecule has 9 nitrogen and oxygen atoms in total. The van der Waals surface area contributed by atoms with Crippen LogP contribution in [0.4, 0.5) is 0 Å². The van der Waals surface area contributed by atoms with E-state index in [9.17, 15) is 14.4 Å². The average molecular weight is 793 g/mol. The Bertz CT molecular complexity index is 2120. The first kappa shape index (κ1) is 43.1. The number of aromatic amines is 3. The van der Waals surface area contributed by atoms with E-state index >= 15 is 0 Å². The maximum Gasteiger partial charge on any atom is 0.321 e. The summed E-state index contributed by atoms with van der Waals surface area (Å²) in [6, 6.07) is 0. The van der Waals surface area contributed by atoms with Gasteiger partial charge in [-0.2, -0.15) is 0 Å². The number of Topliss-reactive ketones (excluding diaryl/α,β-unsaturated/α-hetero) is 1. The number of methoxy groups -OCH3 is 1. The second-order valence-corrected chi connectivity index (χ2v) is 17.4. The number of fused-ring (bicyclic) bond motifs is 7. The number of aromatic nitrogens is 3. The maximum atomic E-state index is 14.4. The van der Waals surface area contributed by atoms with Crippen molar-refractivity contribution >= 4 is 29.4 Å². The predicted molar refractivity (Wildman–Crippen MR) is 233 cm³/mol. The van der Waals surface area contributed by atoms with E-state index < -0.39 is 11.9 Å². The van der Waals surface area contributed by atoms with Crippen molar-refractivity contribution in [3.8, 4) is 0 Å². The molecule has 9 heteroatoms. The van der Waals surface area contributed by atoms with Gasteiger partial charge >= 0.3 is 11.9 Å². The molecule has 314 valence electrons. The van der Waals surface area contributed by atoms with Crippen LogP contribution in [-0.2, 0) is 44.7 Å². The van der Waals surface area contributed by atoms with Crippen LogP contribution in [0.25, 0.3) is 11.6 Å². The van der Waals surface area contributed by atoms with Crippen LogP contribution >= 0.6 is 0 Å². The van der Waals surface area contributed by atoms with Crippen LogP contribution in [-0.4, -0.2) is 46.4 Å². The van der Waals surface area contributed by atoms with Gasteiger partial charge in [0.15, 0.2) is 5.78 Å². The number of ether oxygens (including phenoxy) is 2. The minimum atomic E-state index is -1.11. The maximum absolute atomic E-state index is 14.4. The van der Waals surface area contributed by atoms with Gasteiger partial charge in [-0.25, -0.2) is 0 Å². The lowest BCUT2D eigenvalue weighted by Crippen LogP contribution is -2.25. The lowest BCUT2D eigenvalue weighted by atomic mass is 9.85. The Kier molecular flexibility index (Phi) is 13.8. The Morgan fingerprint density at radius 1 is 0.879 bits per heavy atom. The first-order valence-corrected chi connectivity index (χ1v) is 22.1. The molecule has 6 rings (SSSR count). The molecule has 3 aromatic rings. The lowest BCUT2D eigenvalue weighted by molar-refractivity contribution is -0.143. The topological polar surface area (TPSA) is 129 Å². The van der Waals surface area contributed by atoms with Crippen LogP contribution in [0.2, 0.25) is 0 Å². The standard InChI is InChI=1S/C49H68N4O5/c1-11-14-15-17-27(4)18-16-19-28(5)22-23-58-42(54)21-20-35-31(8)38-24-36-29(6)33(12-2)40(50-36)25-37-30(7)34(13-3)41(51-37)26-39-32(9)43-47(53-39)44(46(35)52-38)45(48(43)55)49(56)57-10/h22,24,27,31,35,45,50-53H,11-21,23,25-26H2,1-10H3/b28-22+,38-24-,46-44-/t27-,31+,35+,45-/m1/s1. The number of rotatable bonds is 16. The van der Waals surface area contributed by atoms with E-state index in [2.05, 4.69) is 81.7 Å². The Balaban J connectivity index is 1.33. The number of ketones is 1. The summed E-state index contributed by atoms with van der Waals surface area (Å²) in [7, 11) is 1.34. The Morgan fingerprint density at radius 3 is 2.24 bits per heavy atom. The number of allylic oxidation sites excluding steroid dienone is 3. The molecular formula is C49H68N4O5. The second-order valence-electron chi connectivity index (χ2n) is 17.4. The van der Waals surface area contributed by atoms with Crippen molar-refractivity contribution in [1.29, 1.82) is 0 Å². The molecule has 3 aromatic heterocycles. The van der Waals surface area contributed by atoms with Gasteiger partial charge in [0.1, 0.15) is 12.5 Å². The third-order valence-corrected chi connectivity index (χ3v) is 13.6. The number of esters is 2. The molecular weight excluding hydrogens is 725 g/mol. The van der Waals surface area contributed by atoms with Gasteiger partial charge in [-0.15, -0.1) is 0 Å². The lowest BCUT2D eigenvalue weighted by Gasteiger charge is -2.19. The van der Waals surface area contributed by atoms with E-state index in [1.54, 1.807) is 0 Å². The summed E-state index contributed by atoms with van der Waals surface area (Å²) in [6.45, 7) is 19.9. The van der Waals surface area contributed by atoms with Crippen molar-refractivity contribution in [3.63, 3.8) is 0 Å². The summed E-state index contributed by atoms with van der Waals surface area (Å²) in [5, 5.41) is 3.74.